The minimum absolute atomic E-state index is 0.0187. The molecule has 2 aromatic rings. The maximum atomic E-state index is 13.1. The van der Waals surface area contributed by atoms with Crippen molar-refractivity contribution in [2.45, 2.75) is 32.6 Å². The first kappa shape index (κ1) is 20.3. The highest BCUT2D eigenvalue weighted by Crippen LogP contribution is 2.53. The third-order valence-corrected chi connectivity index (χ3v) is 6.54. The highest BCUT2D eigenvalue weighted by atomic mass is 16.5. The van der Waals surface area contributed by atoms with Gasteiger partial charge in [-0.25, -0.2) is 0 Å². The zero-order valence-electron chi connectivity index (χ0n) is 17.2. The minimum atomic E-state index is -0.451. The molecule has 1 N–H and O–H groups in total. The van der Waals surface area contributed by atoms with Crippen LogP contribution in [0.1, 0.15) is 42.1 Å². The molecule has 2 aliphatic rings. The van der Waals surface area contributed by atoms with Crippen LogP contribution >= 0.6 is 0 Å². The van der Waals surface area contributed by atoms with Crippen LogP contribution in [-0.4, -0.2) is 24.3 Å². The molecule has 2 aliphatic carbocycles. The summed E-state index contributed by atoms with van der Waals surface area (Å²) in [6.45, 7) is 1.73. The molecule has 2 bridgehead atoms. The predicted octanol–water partition coefficient (Wildman–Crippen LogP) is 4.28. The average Bonchev–Trinajstić information content (AvgIpc) is 3.40. The van der Waals surface area contributed by atoms with E-state index in [0.29, 0.717) is 11.3 Å². The number of nitrogens with one attached hydrogen (secondary N) is 1. The molecule has 0 radical (unpaired) electrons. The van der Waals surface area contributed by atoms with E-state index in [1.165, 1.54) is 5.56 Å². The van der Waals surface area contributed by atoms with Crippen molar-refractivity contribution < 1.29 is 19.1 Å². The summed E-state index contributed by atoms with van der Waals surface area (Å²) in [7, 11) is 0. The van der Waals surface area contributed by atoms with Gasteiger partial charge in [-0.15, -0.1) is 0 Å². The summed E-state index contributed by atoms with van der Waals surface area (Å²) in [5, 5.41) is 2.75. The Bertz CT molecular complexity index is 922. The van der Waals surface area contributed by atoms with Gasteiger partial charge >= 0.3 is 5.97 Å². The molecule has 5 nitrogen and oxygen atoms in total. The molecule has 0 heterocycles. The summed E-state index contributed by atoms with van der Waals surface area (Å²) in [4.78, 5) is 38.2. The number of Topliss-reactive ketones (excluding diaryl/α,β-unsaturated/α-hetero) is 1. The van der Waals surface area contributed by atoms with Gasteiger partial charge in [0.05, 0.1) is 5.92 Å². The molecule has 2 aromatic carbocycles. The molecule has 4 atom stereocenters. The van der Waals surface area contributed by atoms with Gasteiger partial charge in [-0.3, -0.25) is 14.4 Å². The Hall–Kier alpha value is -2.95. The highest BCUT2D eigenvalue weighted by molar-refractivity contribution is 6.01. The van der Waals surface area contributed by atoms with Crippen molar-refractivity contribution >= 4 is 23.3 Å². The number of rotatable bonds is 7. The molecule has 0 saturated heterocycles. The molecule has 4 rings (SSSR count). The molecule has 5 heteroatoms. The standard InChI is InChI=1S/C25H27NO4/c1-2-16-8-12-20(13-9-16)26-21(27)15-30-25(29)23-19-11-10-18(14-19)22(23)24(28)17-6-4-3-5-7-17/h3-9,12-13,18-19,22-23H,2,10-11,14-15H2,1H3,(H,26,27)/t18-,19-,22+,23+/m1/s1. The van der Waals surface area contributed by atoms with E-state index in [2.05, 4.69) is 12.2 Å². The molecule has 0 aromatic heterocycles. The van der Waals surface area contributed by atoms with Crippen molar-refractivity contribution in [2.24, 2.45) is 23.7 Å². The summed E-state index contributed by atoms with van der Waals surface area (Å²) in [5.74, 6) is -1.17. The van der Waals surface area contributed by atoms with Gasteiger partial charge in [0.2, 0.25) is 0 Å². The molecule has 0 spiro atoms. The van der Waals surface area contributed by atoms with E-state index < -0.39 is 11.9 Å². The number of hydrogen-bond acceptors (Lipinski definition) is 4. The molecule has 0 unspecified atom stereocenters. The average molecular weight is 405 g/mol. The summed E-state index contributed by atoms with van der Waals surface area (Å²) < 4.78 is 5.37. The molecular formula is C25H27NO4. The monoisotopic (exact) mass is 405 g/mol. The smallest absolute Gasteiger partial charge is 0.310 e. The van der Waals surface area contributed by atoms with Crippen LogP contribution in [-0.2, 0) is 20.7 Å². The van der Waals surface area contributed by atoms with E-state index in [1.54, 1.807) is 12.1 Å². The second-order valence-electron chi connectivity index (χ2n) is 8.32. The van der Waals surface area contributed by atoms with E-state index in [0.717, 1.165) is 25.7 Å². The maximum Gasteiger partial charge on any atom is 0.310 e. The van der Waals surface area contributed by atoms with Gasteiger partial charge in [-0.2, -0.15) is 0 Å². The molecule has 2 fully saturated rings. The summed E-state index contributed by atoms with van der Waals surface area (Å²) in [6, 6.07) is 16.7. The molecular weight excluding hydrogens is 378 g/mol. The number of carbonyl (C=O) groups is 3. The van der Waals surface area contributed by atoms with E-state index in [-0.39, 0.29) is 36.1 Å². The van der Waals surface area contributed by atoms with Gasteiger partial charge in [-0.05, 0) is 55.2 Å². The van der Waals surface area contributed by atoms with Crippen molar-refractivity contribution in [1.82, 2.24) is 0 Å². The largest absolute Gasteiger partial charge is 0.455 e. The Labute approximate surface area is 176 Å². The Kier molecular flexibility index (Phi) is 5.98. The van der Waals surface area contributed by atoms with Crippen LogP contribution in [0.5, 0.6) is 0 Å². The Morgan fingerprint density at radius 3 is 2.27 bits per heavy atom. The lowest BCUT2D eigenvalue weighted by Gasteiger charge is -2.28. The van der Waals surface area contributed by atoms with E-state index in [9.17, 15) is 14.4 Å². The fraction of sp³-hybridized carbons (Fsp3) is 0.400. The Balaban J connectivity index is 1.38. The lowest BCUT2D eigenvalue weighted by Crippen LogP contribution is -2.37. The Morgan fingerprint density at radius 1 is 0.933 bits per heavy atom. The van der Waals surface area contributed by atoms with Gasteiger partial charge < -0.3 is 10.1 Å². The third kappa shape index (κ3) is 4.16. The molecule has 30 heavy (non-hydrogen) atoms. The molecule has 1 amide bonds. The number of ketones is 1. The van der Waals surface area contributed by atoms with Crippen molar-refractivity contribution in [3.63, 3.8) is 0 Å². The number of esters is 1. The second kappa shape index (κ2) is 8.82. The van der Waals surface area contributed by atoms with Crippen molar-refractivity contribution in [2.75, 3.05) is 11.9 Å². The van der Waals surface area contributed by atoms with Crippen LogP contribution in [0, 0.1) is 23.7 Å². The first-order valence-electron chi connectivity index (χ1n) is 10.7. The normalized spacial score (nSPS) is 24.4. The van der Waals surface area contributed by atoms with Gasteiger partial charge in [0.25, 0.3) is 5.91 Å². The first-order valence-corrected chi connectivity index (χ1v) is 10.7. The van der Waals surface area contributed by atoms with Crippen LogP contribution in [0.2, 0.25) is 0 Å². The lowest BCUT2D eigenvalue weighted by atomic mass is 9.75. The van der Waals surface area contributed by atoms with Gasteiger partial charge in [0, 0.05) is 17.2 Å². The Morgan fingerprint density at radius 2 is 1.60 bits per heavy atom. The van der Waals surface area contributed by atoms with E-state index in [4.69, 9.17) is 4.74 Å². The number of aryl methyl sites for hydroxylation is 1. The van der Waals surface area contributed by atoms with Crippen LogP contribution in [0.3, 0.4) is 0 Å². The number of benzene rings is 2. The molecule has 0 aliphatic heterocycles. The van der Waals surface area contributed by atoms with Crippen LogP contribution in [0.25, 0.3) is 0 Å². The fourth-order valence-electron chi connectivity index (χ4n) is 5.06. The van der Waals surface area contributed by atoms with E-state index in [1.807, 2.05) is 42.5 Å². The van der Waals surface area contributed by atoms with Crippen molar-refractivity contribution in [3.8, 4) is 0 Å². The van der Waals surface area contributed by atoms with Gasteiger partial charge in [0.15, 0.2) is 12.4 Å². The maximum absolute atomic E-state index is 13.1. The quantitative estimate of drug-likeness (QED) is 0.551. The fourth-order valence-corrected chi connectivity index (χ4v) is 5.06. The van der Waals surface area contributed by atoms with Gasteiger partial charge in [-0.1, -0.05) is 49.4 Å². The number of carbonyl (C=O) groups excluding carboxylic acids is 3. The van der Waals surface area contributed by atoms with E-state index >= 15 is 0 Å². The topological polar surface area (TPSA) is 72.5 Å². The summed E-state index contributed by atoms with van der Waals surface area (Å²) in [5.41, 5.74) is 2.50. The third-order valence-electron chi connectivity index (χ3n) is 6.54. The predicted molar refractivity (Wildman–Crippen MR) is 114 cm³/mol. The van der Waals surface area contributed by atoms with Crippen LogP contribution < -0.4 is 5.32 Å². The molecule has 156 valence electrons. The van der Waals surface area contributed by atoms with Gasteiger partial charge in [0.1, 0.15) is 0 Å². The second-order valence-corrected chi connectivity index (χ2v) is 8.32. The number of anilines is 1. The number of hydrogen-bond donors (Lipinski definition) is 1. The summed E-state index contributed by atoms with van der Waals surface area (Å²) >= 11 is 0. The van der Waals surface area contributed by atoms with Crippen LogP contribution in [0.4, 0.5) is 5.69 Å². The molecule has 2 saturated carbocycles. The highest BCUT2D eigenvalue weighted by Gasteiger charge is 2.54. The lowest BCUT2D eigenvalue weighted by molar-refractivity contribution is -0.154. The zero-order valence-corrected chi connectivity index (χ0v) is 17.2. The minimum Gasteiger partial charge on any atom is -0.455 e. The number of amides is 1. The van der Waals surface area contributed by atoms with Crippen molar-refractivity contribution in [1.29, 1.82) is 0 Å². The number of ether oxygens (including phenoxy) is 1. The number of fused-ring (bicyclic) bond motifs is 2. The zero-order chi connectivity index (χ0) is 21.1. The van der Waals surface area contributed by atoms with Crippen molar-refractivity contribution in [3.05, 3.63) is 65.7 Å². The van der Waals surface area contributed by atoms with Crippen LogP contribution in [0.15, 0.2) is 54.6 Å². The SMILES string of the molecule is CCc1ccc(NC(=O)COC(=O)[C@H]2[C@@H]3CC[C@H](C3)[C@@H]2C(=O)c2ccccc2)cc1. The summed E-state index contributed by atoms with van der Waals surface area (Å²) in [6.07, 6.45) is 3.74. The first-order chi connectivity index (χ1) is 14.6.